The van der Waals surface area contributed by atoms with Gasteiger partial charge in [0.25, 0.3) is 0 Å². The van der Waals surface area contributed by atoms with Gasteiger partial charge in [-0.25, -0.2) is 4.79 Å². The molecule has 0 aliphatic heterocycles. The fourth-order valence-electron chi connectivity index (χ4n) is 2.46. The summed E-state index contributed by atoms with van der Waals surface area (Å²) in [5.74, 6) is -1.62. The normalized spacial score (nSPS) is 10.7. The number of benzene rings is 2. The van der Waals surface area contributed by atoms with Gasteiger partial charge in [0.15, 0.2) is 0 Å². The minimum atomic E-state index is -1.07. The van der Waals surface area contributed by atoms with E-state index < -0.39 is 12.7 Å². The van der Waals surface area contributed by atoms with E-state index in [2.05, 4.69) is 0 Å². The third kappa shape index (κ3) is 3.72. The van der Waals surface area contributed by atoms with Crippen LogP contribution in [0.2, 0.25) is 0 Å². The van der Waals surface area contributed by atoms with E-state index >= 15 is 0 Å². The molecule has 2 aromatic carbocycles. The number of carboxylic acids is 1. The number of amidine groups is 1. The summed E-state index contributed by atoms with van der Waals surface area (Å²) >= 11 is 0. The number of aliphatic hydroxyl groups is 1. The first-order valence-corrected chi connectivity index (χ1v) is 7.62. The number of hydrogen-bond acceptors (Lipinski definition) is 5. The lowest BCUT2D eigenvalue weighted by atomic mass is 9.98. The molecule has 0 heterocycles. The molecule has 0 fully saturated rings. The zero-order valence-corrected chi connectivity index (χ0v) is 13.9. The number of nitrogens with one attached hydrogen (secondary N) is 1. The third-order valence-electron chi connectivity index (χ3n) is 3.86. The van der Waals surface area contributed by atoms with E-state index in [1.165, 1.54) is 41.3 Å². The van der Waals surface area contributed by atoms with Crippen molar-refractivity contribution in [3.05, 3.63) is 53.1 Å². The molecule has 0 unspecified atom stereocenters. The van der Waals surface area contributed by atoms with Gasteiger partial charge in [0.05, 0.1) is 11.1 Å². The molecule has 7 heteroatoms. The zero-order chi connectivity index (χ0) is 18.7. The van der Waals surface area contributed by atoms with Crippen molar-refractivity contribution in [2.24, 2.45) is 0 Å². The van der Waals surface area contributed by atoms with Gasteiger partial charge in [0, 0.05) is 11.8 Å². The predicted molar refractivity (Wildman–Crippen MR) is 93.7 cm³/mol. The Hall–Kier alpha value is -3.06. The second kappa shape index (κ2) is 7.23. The maximum absolute atomic E-state index is 10.9. The lowest BCUT2D eigenvalue weighted by Gasteiger charge is -2.24. The molecule has 2 rings (SSSR count). The number of phenolic OH excluding ortho intramolecular Hbond substituents is 2. The van der Waals surface area contributed by atoms with Crippen molar-refractivity contribution in [2.75, 3.05) is 11.6 Å². The maximum Gasteiger partial charge on any atom is 0.335 e. The quantitative estimate of drug-likeness (QED) is 0.323. The number of carbonyl (C=O) groups is 1. The molecule has 7 nitrogen and oxygen atoms in total. The highest BCUT2D eigenvalue weighted by Crippen LogP contribution is 2.33. The molecule has 0 radical (unpaired) electrons. The van der Waals surface area contributed by atoms with Crippen molar-refractivity contribution < 1.29 is 25.2 Å². The number of nitrogens with zero attached hydrogens (tertiary/aromatic N) is 1. The summed E-state index contributed by atoms with van der Waals surface area (Å²) < 4.78 is 0. The average molecular weight is 344 g/mol. The van der Waals surface area contributed by atoms with Crippen LogP contribution in [0.3, 0.4) is 0 Å². The van der Waals surface area contributed by atoms with Gasteiger partial charge in [-0.2, -0.15) is 0 Å². The van der Waals surface area contributed by atoms with E-state index in [0.717, 1.165) is 0 Å². The number of rotatable bonds is 5. The van der Waals surface area contributed by atoms with E-state index in [9.17, 15) is 20.1 Å². The minimum absolute atomic E-state index is 0.0235. The summed E-state index contributed by atoms with van der Waals surface area (Å²) in [5, 5.41) is 46.9. The molecule has 5 N–H and O–H groups in total. The van der Waals surface area contributed by atoms with Gasteiger partial charge in [-0.1, -0.05) is 13.8 Å². The van der Waals surface area contributed by atoms with Crippen LogP contribution in [0.4, 0.5) is 5.69 Å². The topological polar surface area (TPSA) is 125 Å². The van der Waals surface area contributed by atoms with E-state index in [-0.39, 0.29) is 34.4 Å². The van der Waals surface area contributed by atoms with Gasteiger partial charge < -0.3 is 25.3 Å². The van der Waals surface area contributed by atoms with Gasteiger partial charge in [0.2, 0.25) is 0 Å². The molecule has 0 bridgehead atoms. The molecule has 0 aliphatic rings. The lowest BCUT2D eigenvalue weighted by molar-refractivity contribution is 0.0697. The van der Waals surface area contributed by atoms with Crippen molar-refractivity contribution >= 4 is 17.5 Å². The molecule has 0 saturated carbocycles. The average Bonchev–Trinajstić information content (AvgIpc) is 2.55. The van der Waals surface area contributed by atoms with Gasteiger partial charge >= 0.3 is 5.97 Å². The Morgan fingerprint density at radius 1 is 1.12 bits per heavy atom. The first kappa shape index (κ1) is 18.3. The van der Waals surface area contributed by atoms with Crippen LogP contribution in [0.1, 0.15) is 41.3 Å². The van der Waals surface area contributed by atoms with E-state index in [1.807, 2.05) is 13.8 Å². The molecular formula is C18H20N2O5. The van der Waals surface area contributed by atoms with Crippen LogP contribution in [-0.4, -0.2) is 39.0 Å². The van der Waals surface area contributed by atoms with Gasteiger partial charge in [-0.3, -0.25) is 5.41 Å². The Balaban J connectivity index is 2.43. The largest absolute Gasteiger partial charge is 0.508 e. The Morgan fingerprint density at radius 3 is 2.20 bits per heavy atom. The van der Waals surface area contributed by atoms with Crippen molar-refractivity contribution in [3.63, 3.8) is 0 Å². The smallest absolute Gasteiger partial charge is 0.335 e. The number of carboxylic acid groups (broad SMARTS) is 1. The summed E-state index contributed by atoms with van der Waals surface area (Å²) in [5.41, 5.74) is 1.20. The Labute approximate surface area is 144 Å². The standard InChI is InChI=1S/C18H20N2O5/c1-10(2)13-7-14(16(23)8-15(13)22)17(19)20(9-21)12-5-3-11(4-6-12)18(24)25/h3-8,10,19,21-23H,9H2,1-2H3,(H,24,25). The van der Waals surface area contributed by atoms with E-state index in [1.54, 1.807) is 0 Å². The fraction of sp³-hybridized carbons (Fsp3) is 0.222. The van der Waals surface area contributed by atoms with Crippen LogP contribution in [0.15, 0.2) is 36.4 Å². The predicted octanol–water partition coefficient (Wildman–Crippen LogP) is 2.70. The van der Waals surface area contributed by atoms with Crippen LogP contribution >= 0.6 is 0 Å². The molecule has 25 heavy (non-hydrogen) atoms. The number of anilines is 1. The fourth-order valence-corrected chi connectivity index (χ4v) is 2.46. The molecule has 0 spiro atoms. The highest BCUT2D eigenvalue weighted by molar-refractivity contribution is 6.09. The number of hydrogen-bond donors (Lipinski definition) is 5. The highest BCUT2D eigenvalue weighted by atomic mass is 16.4. The Kier molecular flexibility index (Phi) is 5.29. The summed E-state index contributed by atoms with van der Waals surface area (Å²) in [6.07, 6.45) is 0. The van der Waals surface area contributed by atoms with E-state index in [4.69, 9.17) is 10.5 Å². The van der Waals surface area contributed by atoms with Gasteiger partial charge in [-0.15, -0.1) is 0 Å². The summed E-state index contributed by atoms with van der Waals surface area (Å²) in [6.45, 7) is 3.20. The number of aliphatic hydroxyl groups excluding tert-OH is 1. The highest BCUT2D eigenvalue weighted by Gasteiger charge is 2.20. The summed E-state index contributed by atoms with van der Waals surface area (Å²) in [6, 6.07) is 8.34. The third-order valence-corrected chi connectivity index (χ3v) is 3.86. The molecule has 132 valence electrons. The van der Waals surface area contributed by atoms with Crippen LogP contribution in [0, 0.1) is 5.41 Å². The van der Waals surface area contributed by atoms with Gasteiger partial charge in [0.1, 0.15) is 24.1 Å². The van der Waals surface area contributed by atoms with Crippen LogP contribution in [0.25, 0.3) is 0 Å². The first-order valence-electron chi connectivity index (χ1n) is 7.62. The van der Waals surface area contributed by atoms with Crippen LogP contribution in [0.5, 0.6) is 11.5 Å². The Bertz CT molecular complexity index is 800. The van der Waals surface area contributed by atoms with Crippen LogP contribution in [-0.2, 0) is 0 Å². The van der Waals surface area contributed by atoms with Crippen molar-refractivity contribution in [1.29, 1.82) is 5.41 Å². The molecule has 0 aromatic heterocycles. The van der Waals surface area contributed by atoms with Gasteiger partial charge in [-0.05, 0) is 41.8 Å². The zero-order valence-electron chi connectivity index (χ0n) is 13.9. The molecule has 0 atom stereocenters. The monoisotopic (exact) mass is 344 g/mol. The summed E-state index contributed by atoms with van der Waals surface area (Å²) in [7, 11) is 0. The van der Waals surface area contributed by atoms with Crippen LogP contribution < -0.4 is 4.90 Å². The minimum Gasteiger partial charge on any atom is -0.508 e. The van der Waals surface area contributed by atoms with Crippen molar-refractivity contribution in [1.82, 2.24) is 0 Å². The molecule has 2 aromatic rings. The van der Waals surface area contributed by atoms with E-state index in [0.29, 0.717) is 11.3 Å². The first-order chi connectivity index (χ1) is 11.8. The SMILES string of the molecule is CC(C)c1cc(C(=N)N(CO)c2ccc(C(=O)O)cc2)c(O)cc1O. The number of aromatic hydroxyl groups is 2. The second-order valence-corrected chi connectivity index (χ2v) is 5.85. The Morgan fingerprint density at radius 2 is 1.72 bits per heavy atom. The second-order valence-electron chi connectivity index (χ2n) is 5.85. The lowest BCUT2D eigenvalue weighted by Crippen LogP contribution is -2.32. The molecule has 0 amide bonds. The number of phenols is 2. The maximum atomic E-state index is 10.9. The van der Waals surface area contributed by atoms with Crippen molar-refractivity contribution in [3.8, 4) is 11.5 Å². The summed E-state index contributed by atoms with van der Waals surface area (Å²) in [4.78, 5) is 12.1. The molecule has 0 saturated heterocycles. The molecular weight excluding hydrogens is 324 g/mol. The number of aromatic carboxylic acids is 1. The van der Waals surface area contributed by atoms with Crippen molar-refractivity contribution in [2.45, 2.75) is 19.8 Å². The molecule has 0 aliphatic carbocycles.